The maximum atomic E-state index is 10.9. The summed E-state index contributed by atoms with van der Waals surface area (Å²) in [4.78, 5) is 15.6. The van der Waals surface area contributed by atoms with Crippen molar-refractivity contribution in [3.63, 3.8) is 0 Å². The third-order valence-electron chi connectivity index (χ3n) is 2.93. The third-order valence-corrected chi connectivity index (χ3v) is 2.93. The highest BCUT2D eigenvalue weighted by Crippen LogP contribution is 2.04. The molecule has 0 aromatic carbocycles. The molecule has 0 aliphatic carbocycles. The van der Waals surface area contributed by atoms with Crippen molar-refractivity contribution in [1.82, 2.24) is 9.80 Å². The summed E-state index contributed by atoms with van der Waals surface area (Å²) >= 11 is 0. The third kappa shape index (κ3) is 4.15. The molecular formula is C10H22N4O. The number of nitrogens with zero attached hydrogens (tertiary/aromatic N) is 2. The molecule has 15 heavy (non-hydrogen) atoms. The molecule has 1 heterocycles. The van der Waals surface area contributed by atoms with Crippen LogP contribution in [0, 0.1) is 5.92 Å². The Morgan fingerprint density at radius 2 is 1.80 bits per heavy atom. The minimum absolute atomic E-state index is 0.0499. The number of piperazine rings is 1. The molecule has 1 unspecified atom stereocenters. The molecule has 1 aliphatic rings. The summed E-state index contributed by atoms with van der Waals surface area (Å²) in [6.45, 7) is 8.47. The van der Waals surface area contributed by atoms with Crippen LogP contribution in [0.2, 0.25) is 0 Å². The molecule has 1 aliphatic heterocycles. The molecule has 88 valence electrons. The fraction of sp³-hybridized carbons (Fsp3) is 0.900. The van der Waals surface area contributed by atoms with Gasteiger partial charge in [0, 0.05) is 51.7 Å². The molecule has 4 N–H and O–H groups in total. The van der Waals surface area contributed by atoms with Crippen LogP contribution in [-0.2, 0) is 4.79 Å². The Labute approximate surface area is 91.4 Å². The van der Waals surface area contributed by atoms with E-state index in [-0.39, 0.29) is 11.8 Å². The van der Waals surface area contributed by atoms with E-state index in [1.165, 1.54) is 0 Å². The zero-order chi connectivity index (χ0) is 11.3. The maximum Gasteiger partial charge on any atom is 0.221 e. The number of hydrogen-bond acceptors (Lipinski definition) is 4. The van der Waals surface area contributed by atoms with Gasteiger partial charge in [0.05, 0.1) is 0 Å². The van der Waals surface area contributed by atoms with Crippen LogP contribution in [-0.4, -0.2) is 61.5 Å². The Hall–Kier alpha value is -0.650. The first-order valence-corrected chi connectivity index (χ1v) is 5.57. The van der Waals surface area contributed by atoms with Crippen LogP contribution in [0.5, 0.6) is 0 Å². The second-order valence-electron chi connectivity index (χ2n) is 4.23. The molecule has 0 saturated carbocycles. The van der Waals surface area contributed by atoms with Crippen molar-refractivity contribution >= 4 is 5.91 Å². The van der Waals surface area contributed by atoms with E-state index in [0.717, 1.165) is 45.8 Å². The van der Waals surface area contributed by atoms with E-state index in [1.807, 2.05) is 6.92 Å². The summed E-state index contributed by atoms with van der Waals surface area (Å²) < 4.78 is 0. The monoisotopic (exact) mass is 214 g/mol. The van der Waals surface area contributed by atoms with E-state index in [2.05, 4.69) is 9.80 Å². The average Bonchev–Trinajstić information content (AvgIpc) is 2.21. The van der Waals surface area contributed by atoms with Crippen molar-refractivity contribution in [1.29, 1.82) is 0 Å². The topological polar surface area (TPSA) is 75.6 Å². The Kier molecular flexibility index (Phi) is 5.01. The number of amides is 1. The molecule has 0 aromatic heterocycles. The van der Waals surface area contributed by atoms with E-state index >= 15 is 0 Å². The number of nitrogens with two attached hydrogens (primary N) is 2. The average molecular weight is 214 g/mol. The number of rotatable bonds is 5. The first-order chi connectivity index (χ1) is 7.13. The van der Waals surface area contributed by atoms with Crippen LogP contribution in [0.25, 0.3) is 0 Å². The zero-order valence-corrected chi connectivity index (χ0v) is 9.48. The van der Waals surface area contributed by atoms with Gasteiger partial charge in [-0.05, 0) is 0 Å². The van der Waals surface area contributed by atoms with Crippen LogP contribution in [0.1, 0.15) is 6.92 Å². The lowest BCUT2D eigenvalue weighted by atomic mass is 10.1. The molecule has 1 rings (SSSR count). The van der Waals surface area contributed by atoms with Crippen LogP contribution in [0.3, 0.4) is 0 Å². The summed E-state index contributed by atoms with van der Waals surface area (Å²) in [6.07, 6.45) is 0. The Bertz CT molecular complexity index is 202. The molecule has 1 fully saturated rings. The van der Waals surface area contributed by atoms with Crippen molar-refractivity contribution in [2.75, 3.05) is 45.8 Å². The first-order valence-electron chi connectivity index (χ1n) is 5.57. The number of carbonyl (C=O) groups excluding carboxylic acids is 1. The van der Waals surface area contributed by atoms with Gasteiger partial charge in [-0.2, -0.15) is 0 Å². The van der Waals surface area contributed by atoms with Crippen LogP contribution >= 0.6 is 0 Å². The van der Waals surface area contributed by atoms with Gasteiger partial charge in [0.1, 0.15) is 0 Å². The standard InChI is InChI=1S/C10H22N4O/c1-9(10(12)15)8-14-6-4-13(3-2-11)5-7-14/h9H,2-8,11H2,1H3,(H2,12,15). The van der Waals surface area contributed by atoms with Crippen LogP contribution in [0.4, 0.5) is 0 Å². The highest BCUT2D eigenvalue weighted by molar-refractivity contribution is 5.76. The highest BCUT2D eigenvalue weighted by Gasteiger charge is 2.19. The van der Waals surface area contributed by atoms with Gasteiger partial charge in [0.25, 0.3) is 0 Å². The molecule has 1 amide bonds. The van der Waals surface area contributed by atoms with Crippen molar-refractivity contribution < 1.29 is 4.79 Å². The predicted molar refractivity (Wildman–Crippen MR) is 60.3 cm³/mol. The SMILES string of the molecule is CC(CN1CCN(CCN)CC1)C(N)=O. The van der Waals surface area contributed by atoms with Gasteiger partial charge < -0.3 is 16.4 Å². The fourth-order valence-electron chi connectivity index (χ4n) is 1.86. The van der Waals surface area contributed by atoms with Gasteiger partial charge in [-0.15, -0.1) is 0 Å². The van der Waals surface area contributed by atoms with E-state index in [9.17, 15) is 4.79 Å². The Balaban J connectivity index is 2.22. The molecule has 0 bridgehead atoms. The van der Waals surface area contributed by atoms with Crippen LogP contribution < -0.4 is 11.5 Å². The second kappa shape index (κ2) is 6.05. The van der Waals surface area contributed by atoms with Crippen molar-refractivity contribution in [2.24, 2.45) is 17.4 Å². The quantitative estimate of drug-likeness (QED) is 0.595. The second-order valence-corrected chi connectivity index (χ2v) is 4.23. The van der Waals surface area contributed by atoms with Gasteiger partial charge in [-0.3, -0.25) is 9.69 Å². The predicted octanol–water partition coefficient (Wildman–Crippen LogP) is -1.32. The molecule has 0 radical (unpaired) electrons. The molecule has 0 aromatic rings. The van der Waals surface area contributed by atoms with Crippen molar-refractivity contribution in [3.05, 3.63) is 0 Å². The lowest BCUT2D eigenvalue weighted by Crippen LogP contribution is -2.49. The first kappa shape index (κ1) is 12.4. The van der Waals surface area contributed by atoms with Gasteiger partial charge in [0.15, 0.2) is 0 Å². The largest absolute Gasteiger partial charge is 0.369 e. The zero-order valence-electron chi connectivity index (χ0n) is 9.48. The molecule has 5 nitrogen and oxygen atoms in total. The smallest absolute Gasteiger partial charge is 0.221 e. The molecule has 1 atom stereocenters. The van der Waals surface area contributed by atoms with Gasteiger partial charge in [-0.1, -0.05) is 6.92 Å². The fourth-order valence-corrected chi connectivity index (χ4v) is 1.86. The summed E-state index contributed by atoms with van der Waals surface area (Å²) in [5.41, 5.74) is 10.7. The minimum Gasteiger partial charge on any atom is -0.369 e. The Morgan fingerprint density at radius 3 is 2.27 bits per heavy atom. The summed E-state index contributed by atoms with van der Waals surface area (Å²) in [5.74, 6) is -0.259. The van der Waals surface area contributed by atoms with E-state index < -0.39 is 0 Å². The summed E-state index contributed by atoms with van der Waals surface area (Å²) in [7, 11) is 0. The number of carbonyl (C=O) groups is 1. The summed E-state index contributed by atoms with van der Waals surface area (Å²) in [5, 5.41) is 0. The van der Waals surface area contributed by atoms with Gasteiger partial charge in [0.2, 0.25) is 5.91 Å². The van der Waals surface area contributed by atoms with Crippen LogP contribution in [0.15, 0.2) is 0 Å². The van der Waals surface area contributed by atoms with E-state index in [4.69, 9.17) is 11.5 Å². The van der Waals surface area contributed by atoms with Gasteiger partial charge in [-0.25, -0.2) is 0 Å². The number of primary amides is 1. The lowest BCUT2D eigenvalue weighted by Gasteiger charge is -2.35. The highest BCUT2D eigenvalue weighted by atomic mass is 16.1. The lowest BCUT2D eigenvalue weighted by molar-refractivity contribution is -0.122. The molecule has 0 spiro atoms. The van der Waals surface area contributed by atoms with E-state index in [1.54, 1.807) is 0 Å². The Morgan fingerprint density at radius 1 is 1.27 bits per heavy atom. The summed E-state index contributed by atoms with van der Waals surface area (Å²) in [6, 6.07) is 0. The normalized spacial score (nSPS) is 21.5. The van der Waals surface area contributed by atoms with Crippen molar-refractivity contribution in [2.45, 2.75) is 6.92 Å². The molecular weight excluding hydrogens is 192 g/mol. The van der Waals surface area contributed by atoms with E-state index in [0.29, 0.717) is 0 Å². The molecule has 1 saturated heterocycles. The van der Waals surface area contributed by atoms with Crippen molar-refractivity contribution in [3.8, 4) is 0 Å². The minimum atomic E-state index is -0.209. The van der Waals surface area contributed by atoms with Gasteiger partial charge >= 0.3 is 0 Å². The number of hydrogen-bond donors (Lipinski definition) is 2. The maximum absolute atomic E-state index is 10.9. The molecule has 5 heteroatoms.